The predicted molar refractivity (Wildman–Crippen MR) is 98.3 cm³/mol. The molecule has 126 valence electrons. The third kappa shape index (κ3) is 3.19. The van der Waals surface area contributed by atoms with E-state index in [-0.39, 0.29) is 0 Å². The van der Waals surface area contributed by atoms with Gasteiger partial charge in [0.25, 0.3) is 0 Å². The maximum absolute atomic E-state index is 12.0. The van der Waals surface area contributed by atoms with Gasteiger partial charge in [0.15, 0.2) is 0 Å². The van der Waals surface area contributed by atoms with Crippen LogP contribution in [-0.4, -0.2) is 16.2 Å². The molecule has 0 saturated heterocycles. The topological polar surface area (TPSA) is 57.5 Å². The summed E-state index contributed by atoms with van der Waals surface area (Å²) in [6, 6.07) is 26.1. The predicted octanol–water partition coefficient (Wildman–Crippen LogP) is 4.43. The summed E-state index contributed by atoms with van der Waals surface area (Å²) < 4.78 is 0. The van der Waals surface area contributed by atoms with Gasteiger partial charge in [-0.05, 0) is 29.2 Å². The second-order valence-corrected chi connectivity index (χ2v) is 6.26. The molecule has 3 aromatic carbocycles. The fourth-order valence-corrected chi connectivity index (χ4v) is 3.01. The van der Waals surface area contributed by atoms with Gasteiger partial charge in [-0.3, -0.25) is 4.79 Å². The van der Waals surface area contributed by atoms with Gasteiger partial charge in [0.1, 0.15) is 5.41 Å². The number of aliphatic carboxylic acids is 1. The summed E-state index contributed by atoms with van der Waals surface area (Å²) in [6.45, 7) is 1.56. The Hall–Kier alpha value is -2.91. The van der Waals surface area contributed by atoms with Gasteiger partial charge in [-0.1, -0.05) is 84.9 Å². The first-order chi connectivity index (χ1) is 12.0. The number of carboxylic acid groups (broad SMARTS) is 1. The van der Waals surface area contributed by atoms with E-state index in [9.17, 15) is 15.0 Å². The minimum Gasteiger partial charge on any atom is -0.481 e. The average Bonchev–Trinajstić information content (AvgIpc) is 2.68. The standard InChI is InChI=1S/C22H20O3/c1-22(21(24)25,20(23)18-10-6-3-7-11-18)19-14-12-17(13-15-19)16-8-4-2-5-9-16/h2-15,20,23H,1H3,(H,24,25)/t20-,22-/m1/s1. The molecule has 0 spiro atoms. The van der Waals surface area contributed by atoms with Crippen LogP contribution >= 0.6 is 0 Å². The minimum absolute atomic E-state index is 0.566. The minimum atomic E-state index is -1.43. The zero-order valence-corrected chi connectivity index (χ0v) is 14.0. The summed E-state index contributed by atoms with van der Waals surface area (Å²) in [5.41, 5.74) is 1.79. The van der Waals surface area contributed by atoms with Gasteiger partial charge in [0.05, 0.1) is 6.10 Å². The molecule has 2 atom stereocenters. The highest BCUT2D eigenvalue weighted by atomic mass is 16.4. The highest BCUT2D eigenvalue weighted by Crippen LogP contribution is 2.38. The summed E-state index contributed by atoms with van der Waals surface area (Å²) in [5, 5.41) is 20.6. The van der Waals surface area contributed by atoms with Crippen molar-refractivity contribution in [2.75, 3.05) is 0 Å². The first kappa shape index (κ1) is 16.9. The van der Waals surface area contributed by atoms with E-state index in [1.165, 1.54) is 0 Å². The Morgan fingerprint density at radius 1 is 0.800 bits per heavy atom. The van der Waals surface area contributed by atoms with Crippen LogP contribution in [0.15, 0.2) is 84.9 Å². The van der Waals surface area contributed by atoms with Gasteiger partial charge in [-0.25, -0.2) is 0 Å². The van der Waals surface area contributed by atoms with Crippen LogP contribution in [0.4, 0.5) is 0 Å². The number of hydrogen-bond donors (Lipinski definition) is 2. The fraction of sp³-hybridized carbons (Fsp3) is 0.136. The molecule has 0 aliphatic heterocycles. The number of aliphatic hydroxyl groups excluding tert-OH is 1. The molecule has 0 heterocycles. The molecule has 0 fully saturated rings. The van der Waals surface area contributed by atoms with Crippen molar-refractivity contribution in [3.05, 3.63) is 96.1 Å². The van der Waals surface area contributed by atoms with Crippen LogP contribution in [0.2, 0.25) is 0 Å². The Balaban J connectivity index is 2.00. The van der Waals surface area contributed by atoms with Gasteiger partial charge in [0, 0.05) is 0 Å². The summed E-state index contributed by atoms with van der Waals surface area (Å²) >= 11 is 0. The molecule has 3 heteroatoms. The monoisotopic (exact) mass is 332 g/mol. The highest BCUT2D eigenvalue weighted by molar-refractivity contribution is 5.82. The van der Waals surface area contributed by atoms with Crippen molar-refractivity contribution in [1.29, 1.82) is 0 Å². The molecule has 3 nitrogen and oxygen atoms in total. The van der Waals surface area contributed by atoms with E-state index in [0.29, 0.717) is 11.1 Å². The SMILES string of the molecule is C[C@@](C(=O)O)(c1ccc(-c2ccccc2)cc1)[C@H](O)c1ccccc1. The third-order valence-electron chi connectivity index (χ3n) is 4.70. The van der Waals surface area contributed by atoms with Crippen molar-refractivity contribution in [2.24, 2.45) is 0 Å². The number of carbonyl (C=O) groups is 1. The number of benzene rings is 3. The molecule has 3 aromatic rings. The second kappa shape index (κ2) is 6.91. The summed E-state index contributed by atoms with van der Waals surface area (Å²) in [4.78, 5) is 12.0. The Labute approximate surface area is 147 Å². The van der Waals surface area contributed by atoms with Crippen molar-refractivity contribution >= 4 is 5.97 Å². The lowest BCUT2D eigenvalue weighted by molar-refractivity contribution is -0.148. The number of hydrogen-bond acceptors (Lipinski definition) is 2. The number of rotatable bonds is 5. The zero-order chi connectivity index (χ0) is 17.9. The van der Waals surface area contributed by atoms with Crippen molar-refractivity contribution < 1.29 is 15.0 Å². The smallest absolute Gasteiger partial charge is 0.316 e. The number of aliphatic hydroxyl groups is 1. The maximum Gasteiger partial charge on any atom is 0.316 e. The lowest BCUT2D eigenvalue weighted by atomic mass is 9.74. The van der Waals surface area contributed by atoms with Crippen molar-refractivity contribution in [3.63, 3.8) is 0 Å². The van der Waals surface area contributed by atoms with E-state index in [2.05, 4.69) is 0 Å². The summed E-state index contributed by atoms with van der Waals surface area (Å²) in [5.74, 6) is -1.06. The first-order valence-corrected chi connectivity index (χ1v) is 8.16. The molecule has 3 rings (SSSR count). The Morgan fingerprint density at radius 2 is 1.28 bits per heavy atom. The molecule has 0 aromatic heterocycles. The van der Waals surface area contributed by atoms with Crippen molar-refractivity contribution in [1.82, 2.24) is 0 Å². The van der Waals surface area contributed by atoms with Crippen LogP contribution in [0.25, 0.3) is 11.1 Å². The van der Waals surface area contributed by atoms with Gasteiger partial charge in [-0.2, -0.15) is 0 Å². The van der Waals surface area contributed by atoms with Crippen LogP contribution in [0.5, 0.6) is 0 Å². The molecular weight excluding hydrogens is 312 g/mol. The lowest BCUT2D eigenvalue weighted by Crippen LogP contribution is -2.39. The molecule has 25 heavy (non-hydrogen) atoms. The Kier molecular flexibility index (Phi) is 4.68. The van der Waals surface area contributed by atoms with Crippen LogP contribution in [-0.2, 0) is 10.2 Å². The Bertz CT molecular complexity index is 841. The summed E-state index contributed by atoms with van der Waals surface area (Å²) in [7, 11) is 0. The van der Waals surface area contributed by atoms with Gasteiger partial charge < -0.3 is 10.2 Å². The largest absolute Gasteiger partial charge is 0.481 e. The van der Waals surface area contributed by atoms with Crippen LogP contribution in [0.3, 0.4) is 0 Å². The average molecular weight is 332 g/mol. The molecule has 0 saturated carbocycles. The number of carboxylic acids is 1. The molecule has 0 bridgehead atoms. The molecule has 0 aliphatic carbocycles. The first-order valence-electron chi connectivity index (χ1n) is 8.16. The molecular formula is C22H20O3. The van der Waals surface area contributed by atoms with E-state index < -0.39 is 17.5 Å². The van der Waals surface area contributed by atoms with Gasteiger partial charge in [-0.15, -0.1) is 0 Å². The maximum atomic E-state index is 12.0. The van der Waals surface area contributed by atoms with Crippen LogP contribution in [0, 0.1) is 0 Å². The van der Waals surface area contributed by atoms with Crippen molar-refractivity contribution in [3.8, 4) is 11.1 Å². The van der Waals surface area contributed by atoms with E-state index >= 15 is 0 Å². The Morgan fingerprint density at radius 3 is 1.80 bits per heavy atom. The van der Waals surface area contributed by atoms with Gasteiger partial charge in [0.2, 0.25) is 0 Å². The van der Waals surface area contributed by atoms with E-state index in [4.69, 9.17) is 0 Å². The zero-order valence-electron chi connectivity index (χ0n) is 14.0. The molecule has 0 amide bonds. The molecule has 0 aliphatic rings. The second-order valence-electron chi connectivity index (χ2n) is 6.26. The summed E-state index contributed by atoms with van der Waals surface area (Å²) in [6.07, 6.45) is -1.14. The third-order valence-corrected chi connectivity index (χ3v) is 4.70. The van der Waals surface area contributed by atoms with E-state index in [1.54, 1.807) is 43.3 Å². The van der Waals surface area contributed by atoms with Gasteiger partial charge >= 0.3 is 5.97 Å². The van der Waals surface area contributed by atoms with Crippen LogP contribution < -0.4 is 0 Å². The highest BCUT2D eigenvalue weighted by Gasteiger charge is 2.43. The molecule has 0 radical (unpaired) electrons. The molecule has 0 unspecified atom stereocenters. The van der Waals surface area contributed by atoms with Crippen molar-refractivity contribution in [2.45, 2.75) is 18.4 Å². The van der Waals surface area contributed by atoms with Crippen LogP contribution in [0.1, 0.15) is 24.2 Å². The lowest BCUT2D eigenvalue weighted by Gasteiger charge is -2.31. The normalized spacial score (nSPS) is 14.5. The quantitative estimate of drug-likeness (QED) is 0.727. The van der Waals surface area contributed by atoms with E-state index in [1.807, 2.05) is 48.5 Å². The fourth-order valence-electron chi connectivity index (χ4n) is 3.01. The molecule has 2 N–H and O–H groups in total. The van der Waals surface area contributed by atoms with E-state index in [0.717, 1.165) is 11.1 Å².